The Balaban J connectivity index is 1.75. The van der Waals surface area contributed by atoms with Crippen LogP contribution in [0.4, 0.5) is 11.4 Å². The summed E-state index contributed by atoms with van der Waals surface area (Å²) < 4.78 is 10.7. The van der Waals surface area contributed by atoms with Gasteiger partial charge in [0.05, 0.1) is 19.3 Å². The number of hydrogen-bond acceptors (Lipinski definition) is 6. The van der Waals surface area contributed by atoms with Crippen molar-refractivity contribution < 1.29 is 14.1 Å². The fourth-order valence-electron chi connectivity index (χ4n) is 2.56. The van der Waals surface area contributed by atoms with E-state index in [9.17, 15) is 4.79 Å². The molecule has 3 aromatic rings. The highest BCUT2D eigenvalue weighted by Crippen LogP contribution is 2.28. The highest BCUT2D eigenvalue weighted by molar-refractivity contribution is 5.89. The summed E-state index contributed by atoms with van der Waals surface area (Å²) in [6, 6.07) is 13.2. The van der Waals surface area contributed by atoms with E-state index in [4.69, 9.17) is 9.26 Å². The maximum Gasteiger partial charge on any atom is 0.246 e. The number of amides is 1. The van der Waals surface area contributed by atoms with E-state index in [1.54, 1.807) is 25.3 Å². The average molecular weight is 352 g/mol. The molecule has 2 aromatic carbocycles. The minimum atomic E-state index is -0.138. The van der Waals surface area contributed by atoms with Crippen LogP contribution in [0, 0.1) is 6.92 Å². The number of aryl methyl sites for hydroxylation is 1. The molecule has 134 valence electrons. The summed E-state index contributed by atoms with van der Waals surface area (Å²) in [5, 5.41) is 9.99. The number of carbonyl (C=O) groups excluding carboxylic acids is 1. The Kier molecular flexibility index (Phi) is 5.17. The Morgan fingerprint density at radius 1 is 1.23 bits per heavy atom. The van der Waals surface area contributed by atoms with Crippen LogP contribution in [0.15, 0.2) is 47.0 Å². The van der Waals surface area contributed by atoms with Crippen molar-refractivity contribution in [3.63, 3.8) is 0 Å². The van der Waals surface area contributed by atoms with E-state index in [0.717, 1.165) is 16.8 Å². The topological polar surface area (TPSA) is 89.3 Å². The van der Waals surface area contributed by atoms with E-state index in [1.807, 2.05) is 31.2 Å². The molecular weight excluding hydrogens is 332 g/mol. The zero-order valence-electron chi connectivity index (χ0n) is 14.9. The molecule has 0 fully saturated rings. The molecule has 0 saturated carbocycles. The Morgan fingerprint density at radius 2 is 2.04 bits per heavy atom. The van der Waals surface area contributed by atoms with E-state index in [1.165, 1.54) is 6.92 Å². The molecule has 26 heavy (non-hydrogen) atoms. The molecule has 7 heteroatoms. The Bertz CT molecular complexity index is 921. The predicted molar refractivity (Wildman–Crippen MR) is 99.1 cm³/mol. The number of nitrogens with zero attached hydrogens (tertiary/aromatic N) is 2. The summed E-state index contributed by atoms with van der Waals surface area (Å²) >= 11 is 0. The first-order valence-corrected chi connectivity index (χ1v) is 8.15. The molecule has 1 heterocycles. The minimum Gasteiger partial charge on any atom is -0.495 e. The van der Waals surface area contributed by atoms with Crippen LogP contribution in [0.1, 0.15) is 18.4 Å². The number of benzene rings is 2. The monoisotopic (exact) mass is 352 g/mol. The van der Waals surface area contributed by atoms with Gasteiger partial charge in [0.1, 0.15) is 5.75 Å². The van der Waals surface area contributed by atoms with Gasteiger partial charge >= 0.3 is 0 Å². The molecule has 2 N–H and O–H groups in total. The van der Waals surface area contributed by atoms with E-state index >= 15 is 0 Å². The SMILES string of the molecule is COc1ccc(NC(C)=O)cc1NCc1nc(-c2ccccc2C)no1. The molecule has 7 nitrogen and oxygen atoms in total. The summed E-state index contributed by atoms with van der Waals surface area (Å²) in [5.74, 6) is 1.52. The lowest BCUT2D eigenvalue weighted by Gasteiger charge is -2.12. The first-order chi connectivity index (χ1) is 12.6. The third kappa shape index (κ3) is 4.00. The summed E-state index contributed by atoms with van der Waals surface area (Å²) in [7, 11) is 1.58. The number of rotatable bonds is 6. The number of methoxy groups -OCH3 is 1. The molecule has 0 saturated heterocycles. The molecule has 0 radical (unpaired) electrons. The number of aromatic nitrogens is 2. The molecule has 0 spiro atoms. The second kappa shape index (κ2) is 7.69. The molecule has 0 unspecified atom stereocenters. The second-order valence-corrected chi connectivity index (χ2v) is 5.78. The Labute approximate surface area is 151 Å². The number of carbonyl (C=O) groups is 1. The fourth-order valence-corrected chi connectivity index (χ4v) is 2.56. The van der Waals surface area contributed by atoms with Crippen LogP contribution in [-0.4, -0.2) is 23.2 Å². The zero-order chi connectivity index (χ0) is 18.5. The van der Waals surface area contributed by atoms with Gasteiger partial charge in [-0.3, -0.25) is 4.79 Å². The third-order valence-corrected chi connectivity index (χ3v) is 3.80. The Hall–Kier alpha value is -3.35. The van der Waals surface area contributed by atoms with E-state index in [2.05, 4.69) is 20.8 Å². The zero-order valence-corrected chi connectivity index (χ0v) is 14.9. The van der Waals surface area contributed by atoms with Crippen molar-refractivity contribution in [1.82, 2.24) is 10.1 Å². The summed E-state index contributed by atoms with van der Waals surface area (Å²) in [5.41, 5.74) is 3.41. The van der Waals surface area contributed by atoms with Crippen LogP contribution >= 0.6 is 0 Å². The van der Waals surface area contributed by atoms with Gasteiger partial charge < -0.3 is 19.9 Å². The lowest BCUT2D eigenvalue weighted by molar-refractivity contribution is -0.114. The van der Waals surface area contributed by atoms with Crippen molar-refractivity contribution in [3.8, 4) is 17.1 Å². The van der Waals surface area contributed by atoms with Crippen LogP contribution in [0.2, 0.25) is 0 Å². The number of hydrogen-bond donors (Lipinski definition) is 2. The van der Waals surface area contributed by atoms with Crippen molar-refractivity contribution in [3.05, 3.63) is 53.9 Å². The average Bonchev–Trinajstić information content (AvgIpc) is 3.09. The van der Waals surface area contributed by atoms with Crippen molar-refractivity contribution in [2.45, 2.75) is 20.4 Å². The van der Waals surface area contributed by atoms with Crippen molar-refractivity contribution >= 4 is 17.3 Å². The van der Waals surface area contributed by atoms with Gasteiger partial charge in [0.15, 0.2) is 0 Å². The van der Waals surface area contributed by atoms with Gasteiger partial charge in [-0.1, -0.05) is 29.4 Å². The molecule has 0 bridgehead atoms. The molecule has 0 aliphatic heterocycles. The number of anilines is 2. The largest absolute Gasteiger partial charge is 0.495 e. The maximum atomic E-state index is 11.2. The predicted octanol–water partition coefficient (Wildman–Crippen LogP) is 3.62. The molecular formula is C19H20N4O3. The molecule has 0 aliphatic rings. The van der Waals surface area contributed by atoms with Gasteiger partial charge in [0.2, 0.25) is 17.6 Å². The van der Waals surface area contributed by atoms with E-state index < -0.39 is 0 Å². The van der Waals surface area contributed by atoms with Crippen LogP contribution < -0.4 is 15.4 Å². The van der Waals surface area contributed by atoms with Gasteiger partial charge in [0.25, 0.3) is 0 Å². The minimum absolute atomic E-state index is 0.138. The highest BCUT2D eigenvalue weighted by atomic mass is 16.5. The number of ether oxygens (including phenoxy) is 1. The normalized spacial score (nSPS) is 10.4. The molecule has 1 amide bonds. The summed E-state index contributed by atoms with van der Waals surface area (Å²) in [6.45, 7) is 3.80. The number of nitrogens with one attached hydrogen (secondary N) is 2. The molecule has 0 atom stereocenters. The Morgan fingerprint density at radius 3 is 2.77 bits per heavy atom. The van der Waals surface area contributed by atoms with Crippen LogP contribution in [-0.2, 0) is 11.3 Å². The first-order valence-electron chi connectivity index (χ1n) is 8.15. The molecule has 0 aliphatic carbocycles. The van der Waals surface area contributed by atoms with Gasteiger partial charge in [-0.05, 0) is 30.7 Å². The van der Waals surface area contributed by atoms with Crippen LogP contribution in [0.25, 0.3) is 11.4 Å². The van der Waals surface area contributed by atoms with Gasteiger partial charge in [-0.25, -0.2) is 0 Å². The smallest absolute Gasteiger partial charge is 0.246 e. The lowest BCUT2D eigenvalue weighted by atomic mass is 10.1. The second-order valence-electron chi connectivity index (χ2n) is 5.78. The quantitative estimate of drug-likeness (QED) is 0.704. The first kappa shape index (κ1) is 17.5. The molecule has 1 aromatic heterocycles. The highest BCUT2D eigenvalue weighted by Gasteiger charge is 2.12. The van der Waals surface area contributed by atoms with Gasteiger partial charge in [0, 0.05) is 18.2 Å². The van der Waals surface area contributed by atoms with Crippen molar-refractivity contribution in [2.75, 3.05) is 17.7 Å². The van der Waals surface area contributed by atoms with Gasteiger partial charge in [-0.15, -0.1) is 0 Å². The van der Waals surface area contributed by atoms with Crippen molar-refractivity contribution in [2.24, 2.45) is 0 Å². The third-order valence-electron chi connectivity index (χ3n) is 3.80. The summed E-state index contributed by atoms with van der Waals surface area (Å²) in [4.78, 5) is 15.7. The molecule has 3 rings (SSSR count). The summed E-state index contributed by atoms with van der Waals surface area (Å²) in [6.07, 6.45) is 0. The van der Waals surface area contributed by atoms with Crippen LogP contribution in [0.5, 0.6) is 5.75 Å². The van der Waals surface area contributed by atoms with Crippen LogP contribution in [0.3, 0.4) is 0 Å². The maximum absolute atomic E-state index is 11.2. The van der Waals surface area contributed by atoms with E-state index in [-0.39, 0.29) is 5.91 Å². The van der Waals surface area contributed by atoms with Gasteiger partial charge in [-0.2, -0.15) is 4.98 Å². The lowest BCUT2D eigenvalue weighted by Crippen LogP contribution is -2.07. The van der Waals surface area contributed by atoms with Crippen molar-refractivity contribution in [1.29, 1.82) is 0 Å². The standard InChI is InChI=1S/C19H20N4O3/c1-12-6-4-5-7-15(12)19-22-18(26-23-19)11-20-16-10-14(21-13(2)24)8-9-17(16)25-3/h4-10,20H,11H2,1-3H3,(H,21,24). The van der Waals surface area contributed by atoms with E-state index in [0.29, 0.717) is 29.7 Å². The fraction of sp³-hybridized carbons (Fsp3) is 0.211.